The average molecular weight is 334 g/mol. The predicted molar refractivity (Wildman–Crippen MR) is 89.6 cm³/mol. The number of hydrogen-bond donors (Lipinski definition) is 1. The van der Waals surface area contributed by atoms with E-state index in [-0.39, 0.29) is 4.90 Å². The first-order chi connectivity index (χ1) is 11.1. The predicted octanol–water partition coefficient (Wildman–Crippen LogP) is 1.55. The Bertz CT molecular complexity index is 747. The lowest BCUT2D eigenvalue weighted by Gasteiger charge is -2.16. The van der Waals surface area contributed by atoms with E-state index in [4.69, 9.17) is 0 Å². The van der Waals surface area contributed by atoms with Crippen LogP contribution in [0.2, 0.25) is 0 Å². The third kappa shape index (κ3) is 3.63. The van der Waals surface area contributed by atoms with Crippen molar-refractivity contribution in [3.63, 3.8) is 0 Å². The highest BCUT2D eigenvalue weighted by molar-refractivity contribution is 7.89. The van der Waals surface area contributed by atoms with Crippen LogP contribution in [0.3, 0.4) is 0 Å². The summed E-state index contributed by atoms with van der Waals surface area (Å²) in [6.07, 6.45) is 6.34. The van der Waals surface area contributed by atoms with E-state index < -0.39 is 10.0 Å². The summed E-state index contributed by atoms with van der Waals surface area (Å²) in [6.45, 7) is 4.28. The van der Waals surface area contributed by atoms with Crippen LogP contribution in [-0.2, 0) is 16.6 Å². The second-order valence-electron chi connectivity index (χ2n) is 5.72. The van der Waals surface area contributed by atoms with Gasteiger partial charge in [-0.15, -0.1) is 0 Å². The molecule has 0 spiro atoms. The molecule has 124 valence electrons. The van der Waals surface area contributed by atoms with Gasteiger partial charge in [0.15, 0.2) is 0 Å². The largest absolute Gasteiger partial charge is 0.330 e. The van der Waals surface area contributed by atoms with Gasteiger partial charge in [-0.25, -0.2) is 18.1 Å². The summed E-state index contributed by atoms with van der Waals surface area (Å²) in [5, 5.41) is 0. The molecule has 1 N–H and O–H groups in total. The van der Waals surface area contributed by atoms with Crippen molar-refractivity contribution in [3.8, 4) is 11.4 Å². The summed E-state index contributed by atoms with van der Waals surface area (Å²) in [4.78, 5) is 7.15. The molecule has 0 unspecified atom stereocenters. The van der Waals surface area contributed by atoms with E-state index in [9.17, 15) is 8.42 Å². The van der Waals surface area contributed by atoms with Crippen molar-refractivity contribution in [1.82, 2.24) is 19.2 Å². The van der Waals surface area contributed by atoms with Gasteiger partial charge in [0, 0.05) is 31.0 Å². The monoisotopic (exact) mass is 334 g/mol. The Hall–Kier alpha value is -1.70. The molecule has 1 aliphatic rings. The summed E-state index contributed by atoms with van der Waals surface area (Å²) in [7, 11) is -1.99. The zero-order valence-corrected chi connectivity index (χ0v) is 14.1. The molecule has 23 heavy (non-hydrogen) atoms. The molecule has 1 aromatic heterocycles. The fraction of sp³-hybridized carbons (Fsp3) is 0.438. The molecule has 0 atom stereocenters. The molecule has 1 saturated heterocycles. The van der Waals surface area contributed by atoms with Gasteiger partial charge in [0.1, 0.15) is 5.82 Å². The van der Waals surface area contributed by atoms with Gasteiger partial charge in [0.25, 0.3) is 0 Å². The molecule has 2 heterocycles. The Balaban J connectivity index is 1.75. The van der Waals surface area contributed by atoms with Gasteiger partial charge >= 0.3 is 0 Å². The Morgan fingerprint density at radius 3 is 2.48 bits per heavy atom. The fourth-order valence-electron chi connectivity index (χ4n) is 2.91. The Kier molecular flexibility index (Phi) is 4.79. The minimum Gasteiger partial charge on any atom is -0.330 e. The maximum absolute atomic E-state index is 11.8. The summed E-state index contributed by atoms with van der Waals surface area (Å²) < 4.78 is 28.0. The topological polar surface area (TPSA) is 67.2 Å². The molecule has 1 fully saturated rings. The number of likely N-dealkylation sites (tertiary alicyclic amines) is 1. The molecule has 0 saturated carbocycles. The Morgan fingerprint density at radius 2 is 1.83 bits per heavy atom. The average Bonchev–Trinajstić information content (AvgIpc) is 3.24. The number of nitrogens with zero attached hydrogens (tertiary/aromatic N) is 3. The summed E-state index contributed by atoms with van der Waals surface area (Å²) >= 11 is 0. The fourth-order valence-corrected chi connectivity index (χ4v) is 3.64. The number of hydrogen-bond acceptors (Lipinski definition) is 4. The highest BCUT2D eigenvalue weighted by Gasteiger charge is 2.14. The first-order valence-corrected chi connectivity index (χ1v) is 9.36. The number of benzene rings is 1. The smallest absolute Gasteiger partial charge is 0.240 e. The van der Waals surface area contributed by atoms with Crippen LogP contribution in [0.5, 0.6) is 0 Å². The normalized spacial score (nSPS) is 16.0. The summed E-state index contributed by atoms with van der Waals surface area (Å²) in [5.41, 5.74) is 0.923. The van der Waals surface area contributed by atoms with Gasteiger partial charge in [-0.1, -0.05) is 0 Å². The maximum atomic E-state index is 11.8. The van der Waals surface area contributed by atoms with Crippen LogP contribution in [0.4, 0.5) is 0 Å². The number of sulfonamides is 1. The lowest BCUT2D eigenvalue weighted by molar-refractivity contribution is 0.323. The van der Waals surface area contributed by atoms with E-state index in [0.717, 1.165) is 24.5 Å². The molecule has 7 heteroatoms. The van der Waals surface area contributed by atoms with E-state index in [1.807, 2.05) is 6.20 Å². The number of imidazole rings is 1. The molecule has 1 aromatic carbocycles. The molecule has 0 aliphatic carbocycles. The zero-order valence-electron chi connectivity index (χ0n) is 13.3. The number of nitrogens with one attached hydrogen (secondary N) is 1. The molecule has 0 amide bonds. The molecular formula is C16H22N4O2S. The Labute approximate surface area is 137 Å². The van der Waals surface area contributed by atoms with Crippen LogP contribution >= 0.6 is 0 Å². The minimum atomic E-state index is -3.40. The quantitative estimate of drug-likeness (QED) is 0.870. The standard InChI is InChI=1S/C16H22N4O2S/c1-17-23(21,22)15-6-4-14(5-7-15)16-18-8-11-20(16)13-12-19-9-2-3-10-19/h4-8,11,17H,2-3,9-10,12-13H2,1H3. The van der Waals surface area contributed by atoms with Crippen LogP contribution in [0.15, 0.2) is 41.6 Å². The summed E-state index contributed by atoms with van der Waals surface area (Å²) in [6, 6.07) is 6.83. The van der Waals surface area contributed by atoms with E-state index >= 15 is 0 Å². The molecule has 1 aliphatic heterocycles. The molecule has 3 rings (SSSR count). The lowest BCUT2D eigenvalue weighted by atomic mass is 10.2. The van der Waals surface area contributed by atoms with Crippen molar-refractivity contribution in [2.24, 2.45) is 0 Å². The Morgan fingerprint density at radius 1 is 1.13 bits per heavy atom. The van der Waals surface area contributed by atoms with E-state index in [0.29, 0.717) is 0 Å². The van der Waals surface area contributed by atoms with Crippen molar-refractivity contribution in [3.05, 3.63) is 36.7 Å². The second kappa shape index (κ2) is 6.82. The first kappa shape index (κ1) is 16.2. The van der Waals surface area contributed by atoms with Crippen molar-refractivity contribution in [1.29, 1.82) is 0 Å². The van der Waals surface area contributed by atoms with Crippen LogP contribution in [0.25, 0.3) is 11.4 Å². The number of aromatic nitrogens is 2. The molecule has 0 radical (unpaired) electrons. The minimum absolute atomic E-state index is 0.263. The molecule has 6 nitrogen and oxygen atoms in total. The highest BCUT2D eigenvalue weighted by Crippen LogP contribution is 2.20. The summed E-state index contributed by atoms with van der Waals surface area (Å²) in [5.74, 6) is 0.873. The van der Waals surface area contributed by atoms with Crippen LogP contribution in [0, 0.1) is 0 Å². The van der Waals surface area contributed by atoms with E-state index in [2.05, 4.69) is 19.2 Å². The van der Waals surface area contributed by atoms with E-state index in [1.165, 1.54) is 33.0 Å². The first-order valence-electron chi connectivity index (χ1n) is 7.87. The van der Waals surface area contributed by atoms with Crippen LogP contribution < -0.4 is 4.72 Å². The maximum Gasteiger partial charge on any atom is 0.240 e. The van der Waals surface area contributed by atoms with Gasteiger partial charge in [-0.05, 0) is 57.2 Å². The van der Waals surface area contributed by atoms with Gasteiger partial charge in [0.05, 0.1) is 4.90 Å². The van der Waals surface area contributed by atoms with Gasteiger partial charge in [-0.3, -0.25) is 0 Å². The van der Waals surface area contributed by atoms with Gasteiger partial charge < -0.3 is 9.47 Å². The van der Waals surface area contributed by atoms with Gasteiger partial charge in [-0.2, -0.15) is 0 Å². The highest BCUT2D eigenvalue weighted by atomic mass is 32.2. The second-order valence-corrected chi connectivity index (χ2v) is 7.61. The van der Waals surface area contributed by atoms with Gasteiger partial charge in [0.2, 0.25) is 10.0 Å². The van der Waals surface area contributed by atoms with Crippen molar-refractivity contribution >= 4 is 10.0 Å². The SMILES string of the molecule is CNS(=O)(=O)c1ccc(-c2nccn2CCN2CCCC2)cc1. The zero-order chi connectivity index (χ0) is 16.3. The third-order valence-electron chi connectivity index (χ3n) is 4.26. The van der Waals surface area contributed by atoms with Crippen LogP contribution in [-0.4, -0.2) is 49.6 Å². The third-order valence-corrected chi connectivity index (χ3v) is 5.69. The lowest BCUT2D eigenvalue weighted by Crippen LogP contribution is -2.24. The van der Waals surface area contributed by atoms with Crippen molar-refractivity contribution in [2.45, 2.75) is 24.3 Å². The van der Waals surface area contributed by atoms with E-state index in [1.54, 1.807) is 30.5 Å². The number of rotatable bonds is 6. The van der Waals surface area contributed by atoms with Crippen molar-refractivity contribution < 1.29 is 8.42 Å². The van der Waals surface area contributed by atoms with Crippen LogP contribution in [0.1, 0.15) is 12.8 Å². The van der Waals surface area contributed by atoms with Crippen molar-refractivity contribution in [2.75, 3.05) is 26.7 Å². The molecule has 0 bridgehead atoms. The molecule has 2 aromatic rings. The molecular weight excluding hydrogens is 312 g/mol.